The van der Waals surface area contributed by atoms with Crippen LogP contribution in [0.1, 0.15) is 39.5 Å². The van der Waals surface area contributed by atoms with Gasteiger partial charge in [-0.3, -0.25) is 9.59 Å². The van der Waals surface area contributed by atoms with Gasteiger partial charge in [0.1, 0.15) is 0 Å². The van der Waals surface area contributed by atoms with Crippen molar-refractivity contribution >= 4 is 11.7 Å². The van der Waals surface area contributed by atoms with Crippen molar-refractivity contribution in [2.24, 2.45) is 0 Å². The number of ketones is 1. The molecule has 0 radical (unpaired) electrons. The average molecular weight is 401 g/mol. The summed E-state index contributed by atoms with van der Waals surface area (Å²) in [6, 6.07) is 11.4. The lowest BCUT2D eigenvalue weighted by molar-refractivity contribution is -0.110. The second-order valence-corrected chi connectivity index (χ2v) is 8.00. The molecule has 5 heteroatoms. The highest BCUT2D eigenvalue weighted by Gasteiger charge is 2.50. The highest BCUT2D eigenvalue weighted by molar-refractivity contribution is 6.01. The number of amides is 1. The lowest BCUT2D eigenvalue weighted by Gasteiger charge is -2.35. The molecule has 1 aliphatic heterocycles. The minimum Gasteiger partial charge on any atom is -0.493 e. The maximum Gasteiger partial charge on any atom is 0.254 e. The Labute approximate surface area is 175 Å². The minimum absolute atomic E-state index is 0.0280. The first-order chi connectivity index (χ1) is 14.6. The average Bonchev–Trinajstić information content (AvgIpc) is 3.12. The predicted molar refractivity (Wildman–Crippen MR) is 113 cm³/mol. The van der Waals surface area contributed by atoms with E-state index in [1.54, 1.807) is 26.4 Å². The largest absolute Gasteiger partial charge is 0.493 e. The number of carbonyl (C=O) groups excluding carboxylic acids is 2. The van der Waals surface area contributed by atoms with Gasteiger partial charge in [-0.2, -0.15) is 0 Å². The fourth-order valence-electron chi connectivity index (χ4n) is 5.16. The Morgan fingerprint density at radius 3 is 2.50 bits per heavy atom. The number of ether oxygens (including phenoxy) is 2. The Bertz CT molecular complexity index is 1080. The molecule has 5 nitrogen and oxygen atoms in total. The maximum absolute atomic E-state index is 13.4. The molecular weight excluding hydrogens is 378 g/mol. The van der Waals surface area contributed by atoms with E-state index >= 15 is 0 Å². The van der Waals surface area contributed by atoms with Gasteiger partial charge in [-0.15, -0.1) is 0 Å². The van der Waals surface area contributed by atoms with Crippen molar-refractivity contribution in [3.8, 4) is 11.5 Å². The van der Waals surface area contributed by atoms with Gasteiger partial charge in [0.25, 0.3) is 5.91 Å². The number of fused-ring (bicyclic) bond motifs is 1. The van der Waals surface area contributed by atoms with Gasteiger partial charge in [-0.25, -0.2) is 0 Å². The second-order valence-electron chi connectivity index (χ2n) is 8.00. The number of carbonyl (C=O) groups is 2. The number of allylic oxidation sites excluding steroid dienone is 4. The summed E-state index contributed by atoms with van der Waals surface area (Å²) in [7, 11) is 3.28. The lowest BCUT2D eigenvalue weighted by atomic mass is 9.77. The molecular formula is C25H23NO4. The third-order valence-corrected chi connectivity index (χ3v) is 6.50. The molecule has 0 saturated heterocycles. The van der Waals surface area contributed by atoms with Gasteiger partial charge >= 0.3 is 0 Å². The number of hydrogen-bond donors (Lipinski definition) is 0. The standard InChI is InChI=1S/C25H23NO4/c1-29-20-14-17-10-13-26(24(28)16-6-4-3-5-7-16)19-15-25(11-8-18(27)9-12-25)22(21(17)19)23(20)30-2/h3-9,11-12,14,19H,10,13,15H2,1-2H3/t19-/m1/s1. The Hall–Kier alpha value is -3.34. The van der Waals surface area contributed by atoms with E-state index in [2.05, 4.69) is 0 Å². The zero-order valence-corrected chi connectivity index (χ0v) is 17.1. The van der Waals surface area contributed by atoms with Crippen LogP contribution in [0.3, 0.4) is 0 Å². The number of nitrogens with zero attached hydrogens (tertiary/aromatic N) is 1. The molecule has 1 amide bonds. The Balaban J connectivity index is 1.69. The van der Waals surface area contributed by atoms with Gasteiger partial charge in [0.05, 0.1) is 20.3 Å². The molecule has 5 rings (SSSR count). The van der Waals surface area contributed by atoms with E-state index < -0.39 is 5.41 Å². The fraction of sp³-hybridized carbons (Fsp3) is 0.280. The van der Waals surface area contributed by atoms with Gasteiger partial charge in [0, 0.05) is 23.1 Å². The molecule has 2 aliphatic carbocycles. The third-order valence-electron chi connectivity index (χ3n) is 6.50. The molecule has 3 aliphatic rings. The summed E-state index contributed by atoms with van der Waals surface area (Å²) in [5.74, 6) is 1.37. The first-order valence-electron chi connectivity index (χ1n) is 10.1. The van der Waals surface area contributed by atoms with Crippen LogP contribution in [-0.2, 0) is 16.6 Å². The topological polar surface area (TPSA) is 55.8 Å². The number of benzene rings is 2. The van der Waals surface area contributed by atoms with Crippen LogP contribution in [0.25, 0.3) is 0 Å². The van der Waals surface area contributed by atoms with Crippen LogP contribution in [0.15, 0.2) is 60.7 Å². The monoisotopic (exact) mass is 401 g/mol. The molecule has 1 atom stereocenters. The van der Waals surface area contributed by atoms with Crippen LogP contribution < -0.4 is 9.47 Å². The molecule has 152 valence electrons. The minimum atomic E-state index is -0.498. The van der Waals surface area contributed by atoms with Crippen LogP contribution in [-0.4, -0.2) is 37.4 Å². The van der Waals surface area contributed by atoms with E-state index in [1.807, 2.05) is 53.5 Å². The van der Waals surface area contributed by atoms with E-state index in [1.165, 1.54) is 5.56 Å². The first kappa shape index (κ1) is 18.7. The molecule has 1 heterocycles. The number of rotatable bonds is 3. The zero-order valence-electron chi connectivity index (χ0n) is 17.1. The molecule has 0 N–H and O–H groups in total. The van der Waals surface area contributed by atoms with Crippen LogP contribution in [0.5, 0.6) is 11.5 Å². The summed E-state index contributed by atoms with van der Waals surface area (Å²) in [6.45, 7) is 0.642. The molecule has 0 fully saturated rings. The molecule has 0 bridgehead atoms. The summed E-state index contributed by atoms with van der Waals surface area (Å²) < 4.78 is 11.4. The van der Waals surface area contributed by atoms with Crippen molar-refractivity contribution in [2.45, 2.75) is 24.3 Å². The van der Waals surface area contributed by atoms with Crippen molar-refractivity contribution in [3.05, 3.63) is 83.0 Å². The molecule has 0 unspecified atom stereocenters. The van der Waals surface area contributed by atoms with Crippen molar-refractivity contribution in [1.29, 1.82) is 0 Å². The van der Waals surface area contributed by atoms with Crippen LogP contribution >= 0.6 is 0 Å². The Kier molecular flexibility index (Phi) is 4.28. The van der Waals surface area contributed by atoms with Gasteiger partial charge in [0.15, 0.2) is 17.3 Å². The maximum atomic E-state index is 13.4. The summed E-state index contributed by atoms with van der Waals surface area (Å²) in [6.07, 6.45) is 8.57. The smallest absolute Gasteiger partial charge is 0.254 e. The summed E-state index contributed by atoms with van der Waals surface area (Å²) >= 11 is 0. The van der Waals surface area contributed by atoms with Crippen LogP contribution in [0.4, 0.5) is 0 Å². The highest BCUT2D eigenvalue weighted by atomic mass is 16.5. The molecule has 30 heavy (non-hydrogen) atoms. The van der Waals surface area contributed by atoms with E-state index in [0.717, 1.165) is 17.5 Å². The van der Waals surface area contributed by atoms with Crippen molar-refractivity contribution in [1.82, 2.24) is 4.90 Å². The Morgan fingerprint density at radius 2 is 1.83 bits per heavy atom. The highest BCUT2D eigenvalue weighted by Crippen LogP contribution is 2.58. The van der Waals surface area contributed by atoms with E-state index in [9.17, 15) is 9.59 Å². The number of hydrogen-bond acceptors (Lipinski definition) is 4. The predicted octanol–water partition coefficient (Wildman–Crippen LogP) is 3.78. The van der Waals surface area contributed by atoms with Gasteiger partial charge in [-0.1, -0.05) is 30.4 Å². The van der Waals surface area contributed by atoms with Gasteiger partial charge in [-0.05, 0) is 54.3 Å². The summed E-state index contributed by atoms with van der Waals surface area (Å²) in [4.78, 5) is 27.2. The SMILES string of the molecule is COc1cc2c3c(c1OC)C1(C=CC(=O)C=C1)C[C@H]3N(C(=O)c1ccccc1)CC2. The van der Waals surface area contributed by atoms with Crippen molar-refractivity contribution in [3.63, 3.8) is 0 Å². The van der Waals surface area contributed by atoms with Gasteiger partial charge < -0.3 is 14.4 Å². The molecule has 0 aromatic heterocycles. The van der Waals surface area contributed by atoms with E-state index in [4.69, 9.17) is 9.47 Å². The Morgan fingerprint density at radius 1 is 1.10 bits per heavy atom. The first-order valence-corrected chi connectivity index (χ1v) is 10.1. The summed E-state index contributed by atoms with van der Waals surface area (Å²) in [5, 5.41) is 0. The fourth-order valence-corrected chi connectivity index (χ4v) is 5.16. The lowest BCUT2D eigenvalue weighted by Crippen LogP contribution is -2.39. The molecule has 2 aromatic rings. The molecule has 2 aromatic carbocycles. The molecule has 0 saturated carbocycles. The quantitative estimate of drug-likeness (QED) is 0.786. The number of methoxy groups -OCH3 is 2. The molecule has 1 spiro atoms. The van der Waals surface area contributed by atoms with Crippen LogP contribution in [0.2, 0.25) is 0 Å². The van der Waals surface area contributed by atoms with Crippen molar-refractivity contribution in [2.75, 3.05) is 20.8 Å². The van der Waals surface area contributed by atoms with Crippen molar-refractivity contribution < 1.29 is 19.1 Å². The second kappa shape index (κ2) is 6.87. The van der Waals surface area contributed by atoms with Crippen LogP contribution in [0, 0.1) is 0 Å². The third kappa shape index (κ3) is 2.61. The summed E-state index contributed by atoms with van der Waals surface area (Å²) in [5.41, 5.74) is 3.51. The van der Waals surface area contributed by atoms with Gasteiger partial charge in [0.2, 0.25) is 0 Å². The van der Waals surface area contributed by atoms with E-state index in [-0.39, 0.29) is 17.7 Å². The van der Waals surface area contributed by atoms with E-state index in [0.29, 0.717) is 30.0 Å². The zero-order chi connectivity index (χ0) is 20.9. The normalized spacial score (nSPS) is 20.4.